The van der Waals surface area contributed by atoms with Crippen molar-refractivity contribution in [2.75, 3.05) is 6.61 Å². The van der Waals surface area contributed by atoms with Gasteiger partial charge in [0, 0.05) is 19.9 Å². The molecule has 0 radical (unpaired) electrons. The van der Waals surface area contributed by atoms with Gasteiger partial charge in [0.05, 0.1) is 17.8 Å². The smallest absolute Gasteiger partial charge is 0.0890 e. The van der Waals surface area contributed by atoms with Crippen LogP contribution in [0, 0.1) is 0 Å². The molecule has 0 saturated heterocycles. The van der Waals surface area contributed by atoms with E-state index in [9.17, 15) is 0 Å². The fourth-order valence-electron chi connectivity index (χ4n) is 1.74. The minimum Gasteiger partial charge on any atom is -0.376 e. The molecule has 0 bridgehead atoms. The second kappa shape index (κ2) is 5.85. The zero-order chi connectivity index (χ0) is 11.3. The molecule has 5 nitrogen and oxygen atoms in total. The number of aryl methyl sites for hydroxylation is 1. The average molecular weight is 212 g/mol. The van der Waals surface area contributed by atoms with Gasteiger partial charge in [0.25, 0.3) is 0 Å². The summed E-state index contributed by atoms with van der Waals surface area (Å²) in [7, 11) is 1.90. The lowest BCUT2D eigenvalue weighted by atomic mass is 10.1. The van der Waals surface area contributed by atoms with Gasteiger partial charge in [0.2, 0.25) is 0 Å². The van der Waals surface area contributed by atoms with Crippen LogP contribution in [0.5, 0.6) is 0 Å². The monoisotopic (exact) mass is 212 g/mol. The number of rotatable bonds is 6. The quantitative estimate of drug-likeness (QED) is 0.539. The summed E-state index contributed by atoms with van der Waals surface area (Å²) in [5, 5.41) is 4.13. The number of nitrogens with one attached hydrogen (secondary N) is 1. The number of ether oxygens (including phenoxy) is 1. The molecule has 0 fully saturated rings. The molecule has 1 heterocycles. The molecule has 2 atom stereocenters. The van der Waals surface area contributed by atoms with Gasteiger partial charge in [-0.25, -0.2) is 5.43 Å². The number of nitrogens with two attached hydrogens (primary N) is 1. The average Bonchev–Trinajstić information content (AvgIpc) is 2.65. The van der Waals surface area contributed by atoms with E-state index in [0.717, 1.165) is 12.1 Å². The number of hydrogen-bond donors (Lipinski definition) is 2. The minimum atomic E-state index is -0.0116. The summed E-state index contributed by atoms with van der Waals surface area (Å²) in [6.45, 7) is 4.76. The summed E-state index contributed by atoms with van der Waals surface area (Å²) >= 11 is 0. The third-order valence-electron chi connectivity index (χ3n) is 2.51. The van der Waals surface area contributed by atoms with Gasteiger partial charge in [-0.15, -0.1) is 0 Å². The lowest BCUT2D eigenvalue weighted by Gasteiger charge is -2.25. The van der Waals surface area contributed by atoms with Crippen LogP contribution in [0.4, 0.5) is 0 Å². The number of hydrazine groups is 1. The second-order valence-corrected chi connectivity index (χ2v) is 3.43. The predicted molar refractivity (Wildman–Crippen MR) is 59.0 cm³/mol. The van der Waals surface area contributed by atoms with Crippen molar-refractivity contribution in [3.8, 4) is 0 Å². The maximum absolute atomic E-state index is 5.64. The molecule has 3 N–H and O–H groups in total. The lowest BCUT2D eigenvalue weighted by Crippen LogP contribution is -2.39. The van der Waals surface area contributed by atoms with Crippen molar-refractivity contribution < 1.29 is 4.74 Å². The van der Waals surface area contributed by atoms with Gasteiger partial charge in [-0.2, -0.15) is 5.10 Å². The Bertz CT molecular complexity index is 287. The van der Waals surface area contributed by atoms with Crippen LogP contribution in [-0.2, 0) is 11.8 Å². The largest absolute Gasteiger partial charge is 0.376 e. The first-order valence-electron chi connectivity index (χ1n) is 5.30. The maximum atomic E-state index is 5.64. The van der Waals surface area contributed by atoms with E-state index in [1.807, 2.05) is 24.7 Å². The molecular weight excluding hydrogens is 192 g/mol. The van der Waals surface area contributed by atoms with Gasteiger partial charge in [-0.3, -0.25) is 10.5 Å². The first kappa shape index (κ1) is 12.2. The summed E-state index contributed by atoms with van der Waals surface area (Å²) in [5.41, 5.74) is 3.83. The Balaban J connectivity index is 2.82. The molecule has 0 aliphatic heterocycles. The first-order valence-corrected chi connectivity index (χ1v) is 5.30. The van der Waals surface area contributed by atoms with Crippen LogP contribution >= 0.6 is 0 Å². The van der Waals surface area contributed by atoms with Crippen LogP contribution in [0.3, 0.4) is 0 Å². The number of nitrogens with zero attached hydrogens (tertiary/aromatic N) is 2. The van der Waals surface area contributed by atoms with Crippen molar-refractivity contribution in [3.63, 3.8) is 0 Å². The van der Waals surface area contributed by atoms with Crippen LogP contribution in [0.25, 0.3) is 0 Å². The molecule has 15 heavy (non-hydrogen) atoms. The highest BCUT2D eigenvalue weighted by atomic mass is 16.5. The fourth-order valence-corrected chi connectivity index (χ4v) is 1.74. The molecule has 2 unspecified atom stereocenters. The van der Waals surface area contributed by atoms with Gasteiger partial charge in [-0.1, -0.05) is 6.92 Å². The van der Waals surface area contributed by atoms with E-state index in [-0.39, 0.29) is 12.1 Å². The van der Waals surface area contributed by atoms with E-state index >= 15 is 0 Å². The molecule has 0 spiro atoms. The Labute approximate surface area is 90.6 Å². The van der Waals surface area contributed by atoms with Crippen molar-refractivity contribution in [1.29, 1.82) is 0 Å². The van der Waals surface area contributed by atoms with E-state index in [1.165, 1.54) is 0 Å². The van der Waals surface area contributed by atoms with Crippen molar-refractivity contribution in [2.45, 2.75) is 32.4 Å². The Kier molecular flexibility index (Phi) is 4.74. The van der Waals surface area contributed by atoms with Gasteiger partial charge in [0.1, 0.15) is 0 Å². The highest BCUT2D eigenvalue weighted by molar-refractivity contribution is 5.08. The zero-order valence-electron chi connectivity index (χ0n) is 9.60. The Morgan fingerprint density at radius 3 is 2.73 bits per heavy atom. The molecule has 1 aromatic heterocycles. The van der Waals surface area contributed by atoms with Crippen molar-refractivity contribution in [3.05, 3.63) is 18.0 Å². The number of hydrogen-bond acceptors (Lipinski definition) is 4. The highest BCUT2D eigenvalue weighted by Crippen LogP contribution is 2.19. The van der Waals surface area contributed by atoms with Crippen molar-refractivity contribution >= 4 is 0 Å². The summed E-state index contributed by atoms with van der Waals surface area (Å²) < 4.78 is 7.45. The van der Waals surface area contributed by atoms with Crippen LogP contribution in [-0.4, -0.2) is 22.5 Å². The van der Waals surface area contributed by atoms with Crippen LogP contribution in [0.1, 0.15) is 32.0 Å². The third kappa shape index (κ3) is 2.77. The van der Waals surface area contributed by atoms with Crippen LogP contribution in [0.15, 0.2) is 12.3 Å². The normalized spacial score (nSPS) is 15.2. The summed E-state index contributed by atoms with van der Waals surface area (Å²) in [6, 6.07) is 1.94. The molecule has 0 aliphatic rings. The van der Waals surface area contributed by atoms with E-state index in [2.05, 4.69) is 17.4 Å². The Morgan fingerprint density at radius 1 is 1.60 bits per heavy atom. The third-order valence-corrected chi connectivity index (χ3v) is 2.51. The molecule has 0 aromatic carbocycles. The Hall–Kier alpha value is -0.910. The second-order valence-electron chi connectivity index (χ2n) is 3.43. The minimum absolute atomic E-state index is 0.0116. The SMILES string of the molecule is CCOC(CC)C(NN)c1ccnn1C. The predicted octanol–water partition coefficient (Wildman–Crippen LogP) is 0.740. The van der Waals surface area contributed by atoms with Gasteiger partial charge >= 0.3 is 0 Å². The van der Waals surface area contributed by atoms with Crippen molar-refractivity contribution in [2.24, 2.45) is 12.9 Å². The molecule has 5 heteroatoms. The highest BCUT2D eigenvalue weighted by Gasteiger charge is 2.23. The fraction of sp³-hybridized carbons (Fsp3) is 0.700. The molecule has 86 valence electrons. The molecule has 1 aromatic rings. The van der Waals surface area contributed by atoms with E-state index in [0.29, 0.717) is 6.61 Å². The summed E-state index contributed by atoms with van der Waals surface area (Å²) in [6.07, 6.45) is 2.75. The standard InChI is InChI=1S/C10H20N4O/c1-4-9(15-5-2)10(13-11)8-6-7-12-14(8)3/h6-7,9-10,13H,4-5,11H2,1-3H3. The maximum Gasteiger partial charge on any atom is 0.0890 e. The Morgan fingerprint density at radius 2 is 2.33 bits per heavy atom. The lowest BCUT2D eigenvalue weighted by molar-refractivity contribution is 0.0293. The van der Waals surface area contributed by atoms with Gasteiger partial charge < -0.3 is 4.74 Å². The van der Waals surface area contributed by atoms with Gasteiger partial charge in [0.15, 0.2) is 0 Å². The molecular formula is C10H20N4O. The molecule has 0 amide bonds. The van der Waals surface area contributed by atoms with Crippen molar-refractivity contribution in [1.82, 2.24) is 15.2 Å². The summed E-state index contributed by atoms with van der Waals surface area (Å²) in [4.78, 5) is 0. The van der Waals surface area contributed by atoms with E-state index in [4.69, 9.17) is 10.6 Å². The molecule has 0 saturated carbocycles. The molecule has 1 rings (SSSR count). The zero-order valence-corrected chi connectivity index (χ0v) is 9.60. The summed E-state index contributed by atoms with van der Waals surface area (Å²) in [5.74, 6) is 5.57. The van der Waals surface area contributed by atoms with Gasteiger partial charge in [-0.05, 0) is 19.4 Å². The molecule has 0 aliphatic carbocycles. The first-order chi connectivity index (χ1) is 7.24. The van der Waals surface area contributed by atoms with Crippen LogP contribution < -0.4 is 11.3 Å². The number of aromatic nitrogens is 2. The van der Waals surface area contributed by atoms with Crippen LogP contribution in [0.2, 0.25) is 0 Å². The van der Waals surface area contributed by atoms with E-state index in [1.54, 1.807) is 6.20 Å². The topological polar surface area (TPSA) is 65.1 Å². The van der Waals surface area contributed by atoms with E-state index < -0.39 is 0 Å².